The molecule has 2 heterocycles. The van der Waals surface area contributed by atoms with Gasteiger partial charge in [0.05, 0.1) is 0 Å². The summed E-state index contributed by atoms with van der Waals surface area (Å²) in [5, 5.41) is 6.04. The largest absolute Gasteiger partial charge is 0.460 e. The fraction of sp³-hybridized carbons (Fsp3) is 0.176. The zero-order chi connectivity index (χ0) is 15.8. The Morgan fingerprint density at radius 3 is 2.52 bits per heavy atom. The van der Waals surface area contributed by atoms with Crippen molar-refractivity contribution in [3.05, 3.63) is 71.5 Å². The number of benzene rings is 2. The van der Waals surface area contributed by atoms with Gasteiger partial charge in [0.25, 0.3) is 5.91 Å². The van der Waals surface area contributed by atoms with Crippen LogP contribution in [0.3, 0.4) is 0 Å². The number of nitrogens with zero attached hydrogens (tertiary/aromatic N) is 1. The molecule has 3 unspecified atom stereocenters. The minimum atomic E-state index is -0.693. The van der Waals surface area contributed by atoms with Crippen molar-refractivity contribution in [2.45, 2.75) is 18.4 Å². The Morgan fingerprint density at radius 2 is 1.78 bits per heavy atom. The monoisotopic (exact) mass is 311 g/mol. The predicted molar refractivity (Wildman–Crippen MR) is 82.1 cm³/mol. The van der Waals surface area contributed by atoms with Crippen LogP contribution < -0.4 is 10.6 Å². The third kappa shape index (κ3) is 2.57. The van der Waals surface area contributed by atoms with Crippen LogP contribution in [0.25, 0.3) is 0 Å². The molecule has 0 spiro atoms. The number of fused-ring (bicyclic) bond motifs is 1. The molecule has 116 valence electrons. The Balaban J connectivity index is 1.58. The summed E-state index contributed by atoms with van der Waals surface area (Å²) in [5.41, 5.74) is 1.59. The number of hydrogen-bond donors (Lipinski definition) is 2. The predicted octanol–water partition coefficient (Wildman–Crippen LogP) is 1.72. The van der Waals surface area contributed by atoms with Crippen LogP contribution in [0.2, 0.25) is 0 Å². The first-order valence-corrected chi connectivity index (χ1v) is 7.32. The van der Waals surface area contributed by atoms with Gasteiger partial charge in [-0.25, -0.2) is 9.38 Å². The lowest BCUT2D eigenvalue weighted by Gasteiger charge is -2.31. The fourth-order valence-corrected chi connectivity index (χ4v) is 2.73. The van der Waals surface area contributed by atoms with Crippen molar-refractivity contribution in [3.63, 3.8) is 0 Å². The first-order chi connectivity index (χ1) is 11.2. The number of amides is 1. The SMILES string of the molecule is O=C1NC(c2ccc(F)cc2)NC2N=C(c3ccccc3)OC12. The molecule has 1 saturated heterocycles. The van der Waals surface area contributed by atoms with E-state index in [-0.39, 0.29) is 11.7 Å². The van der Waals surface area contributed by atoms with Gasteiger partial charge in [-0.3, -0.25) is 10.1 Å². The number of nitrogens with one attached hydrogen (secondary N) is 2. The van der Waals surface area contributed by atoms with Gasteiger partial charge in [0.15, 0.2) is 6.17 Å². The first kappa shape index (κ1) is 13.9. The van der Waals surface area contributed by atoms with Crippen molar-refractivity contribution < 1.29 is 13.9 Å². The van der Waals surface area contributed by atoms with E-state index in [0.717, 1.165) is 11.1 Å². The summed E-state index contributed by atoms with van der Waals surface area (Å²) in [6, 6.07) is 15.4. The minimum absolute atomic E-state index is 0.238. The molecule has 2 aromatic carbocycles. The molecule has 1 fully saturated rings. The summed E-state index contributed by atoms with van der Waals surface area (Å²) >= 11 is 0. The van der Waals surface area contributed by atoms with Gasteiger partial charge in [0.2, 0.25) is 12.0 Å². The first-order valence-electron chi connectivity index (χ1n) is 7.32. The molecular formula is C17H14FN3O2. The van der Waals surface area contributed by atoms with Gasteiger partial charge in [-0.05, 0) is 29.8 Å². The Bertz CT molecular complexity index is 761. The zero-order valence-electron chi connectivity index (χ0n) is 12.1. The summed E-state index contributed by atoms with van der Waals surface area (Å²) in [6.07, 6.45) is -1.58. The summed E-state index contributed by atoms with van der Waals surface area (Å²) in [7, 11) is 0. The lowest BCUT2D eigenvalue weighted by Crippen LogP contribution is -2.58. The van der Waals surface area contributed by atoms with Gasteiger partial charge in [-0.1, -0.05) is 30.3 Å². The molecule has 23 heavy (non-hydrogen) atoms. The average Bonchev–Trinajstić information content (AvgIpc) is 3.01. The molecule has 0 bridgehead atoms. The van der Waals surface area contributed by atoms with Gasteiger partial charge in [-0.2, -0.15) is 0 Å². The molecule has 2 N–H and O–H groups in total. The fourth-order valence-electron chi connectivity index (χ4n) is 2.73. The van der Waals surface area contributed by atoms with Crippen LogP contribution in [0.15, 0.2) is 59.6 Å². The number of ether oxygens (including phenoxy) is 1. The summed E-state index contributed by atoms with van der Waals surface area (Å²) in [5.74, 6) is -0.108. The number of aliphatic imine (C=N–C) groups is 1. The van der Waals surface area contributed by atoms with E-state index in [1.54, 1.807) is 12.1 Å². The van der Waals surface area contributed by atoms with E-state index in [4.69, 9.17) is 4.74 Å². The minimum Gasteiger partial charge on any atom is -0.460 e. The second-order valence-electron chi connectivity index (χ2n) is 5.44. The Labute approximate surface area is 132 Å². The summed E-state index contributed by atoms with van der Waals surface area (Å²) < 4.78 is 18.7. The highest BCUT2D eigenvalue weighted by Crippen LogP contribution is 2.24. The molecule has 0 aliphatic carbocycles. The Morgan fingerprint density at radius 1 is 1.04 bits per heavy atom. The van der Waals surface area contributed by atoms with Crippen molar-refractivity contribution in [2.75, 3.05) is 0 Å². The van der Waals surface area contributed by atoms with E-state index in [9.17, 15) is 9.18 Å². The third-order valence-corrected chi connectivity index (χ3v) is 3.89. The molecule has 2 aliphatic heterocycles. The van der Waals surface area contributed by atoms with Crippen molar-refractivity contribution in [1.29, 1.82) is 0 Å². The smallest absolute Gasteiger partial charge is 0.266 e. The molecule has 0 radical (unpaired) electrons. The molecule has 5 nitrogen and oxygen atoms in total. The number of carbonyl (C=O) groups is 1. The van der Waals surface area contributed by atoms with Gasteiger partial charge in [0.1, 0.15) is 12.0 Å². The number of halogens is 1. The van der Waals surface area contributed by atoms with Crippen molar-refractivity contribution in [1.82, 2.24) is 10.6 Å². The Hall–Kier alpha value is -2.73. The molecule has 0 aromatic heterocycles. The second-order valence-corrected chi connectivity index (χ2v) is 5.44. The molecule has 0 saturated carbocycles. The van der Waals surface area contributed by atoms with E-state index < -0.39 is 18.4 Å². The molecular weight excluding hydrogens is 297 g/mol. The lowest BCUT2D eigenvalue weighted by molar-refractivity contribution is -0.132. The van der Waals surface area contributed by atoms with E-state index in [0.29, 0.717) is 5.90 Å². The maximum absolute atomic E-state index is 13.0. The van der Waals surface area contributed by atoms with Crippen LogP contribution in [0.1, 0.15) is 17.3 Å². The van der Waals surface area contributed by atoms with Crippen LogP contribution in [0.5, 0.6) is 0 Å². The maximum Gasteiger partial charge on any atom is 0.266 e. The molecule has 1 amide bonds. The molecule has 4 rings (SSSR count). The highest BCUT2D eigenvalue weighted by Gasteiger charge is 2.43. The van der Waals surface area contributed by atoms with Gasteiger partial charge >= 0.3 is 0 Å². The highest BCUT2D eigenvalue weighted by molar-refractivity contribution is 5.98. The van der Waals surface area contributed by atoms with Crippen molar-refractivity contribution >= 4 is 11.8 Å². The lowest BCUT2D eigenvalue weighted by atomic mass is 10.1. The van der Waals surface area contributed by atoms with Crippen LogP contribution in [-0.4, -0.2) is 24.1 Å². The second kappa shape index (κ2) is 5.48. The average molecular weight is 311 g/mol. The van der Waals surface area contributed by atoms with E-state index in [2.05, 4.69) is 15.6 Å². The molecule has 3 atom stereocenters. The third-order valence-electron chi connectivity index (χ3n) is 3.89. The van der Waals surface area contributed by atoms with E-state index in [1.165, 1.54) is 12.1 Å². The highest BCUT2D eigenvalue weighted by atomic mass is 19.1. The van der Waals surface area contributed by atoms with Crippen LogP contribution in [0, 0.1) is 5.82 Å². The molecule has 2 aromatic rings. The van der Waals surface area contributed by atoms with Gasteiger partial charge in [-0.15, -0.1) is 0 Å². The number of rotatable bonds is 2. The Kier molecular flexibility index (Phi) is 3.31. The standard InChI is InChI=1S/C17H14FN3O2/c18-12-8-6-10(7-9-12)14-19-15-13(16(22)20-14)23-17(21-15)11-4-2-1-3-5-11/h1-9,13-15,19H,(H,20,22). The quantitative estimate of drug-likeness (QED) is 0.887. The van der Waals surface area contributed by atoms with Crippen molar-refractivity contribution in [3.8, 4) is 0 Å². The van der Waals surface area contributed by atoms with Crippen LogP contribution in [-0.2, 0) is 9.53 Å². The normalized spacial score (nSPS) is 26.0. The van der Waals surface area contributed by atoms with Gasteiger partial charge in [0, 0.05) is 5.56 Å². The summed E-state index contributed by atoms with van der Waals surface area (Å²) in [4.78, 5) is 16.8. The van der Waals surface area contributed by atoms with Crippen molar-refractivity contribution in [2.24, 2.45) is 4.99 Å². The molecule has 2 aliphatic rings. The topological polar surface area (TPSA) is 62.7 Å². The van der Waals surface area contributed by atoms with Crippen LogP contribution in [0.4, 0.5) is 4.39 Å². The number of carbonyl (C=O) groups excluding carboxylic acids is 1. The van der Waals surface area contributed by atoms with Crippen LogP contribution >= 0.6 is 0 Å². The maximum atomic E-state index is 13.0. The van der Waals surface area contributed by atoms with E-state index >= 15 is 0 Å². The van der Waals surface area contributed by atoms with Gasteiger partial charge < -0.3 is 10.1 Å². The zero-order valence-corrected chi connectivity index (χ0v) is 12.1. The molecule has 6 heteroatoms. The number of hydrogen-bond acceptors (Lipinski definition) is 4. The summed E-state index contributed by atoms with van der Waals surface area (Å²) in [6.45, 7) is 0. The van der Waals surface area contributed by atoms with E-state index in [1.807, 2.05) is 30.3 Å².